The summed E-state index contributed by atoms with van der Waals surface area (Å²) in [7, 11) is 0. The molecule has 0 aliphatic heterocycles. The third-order valence-electron chi connectivity index (χ3n) is 2.63. The number of aromatic nitrogens is 2. The second kappa shape index (κ2) is 5.34. The van der Waals surface area contributed by atoms with Crippen molar-refractivity contribution in [1.82, 2.24) is 10.2 Å². The van der Waals surface area contributed by atoms with Crippen LogP contribution < -0.4 is 4.90 Å². The number of aliphatic carboxylic acids is 1. The number of nitrogens with zero attached hydrogens (tertiary/aromatic N) is 2. The van der Waals surface area contributed by atoms with Gasteiger partial charge in [0.15, 0.2) is 0 Å². The molecule has 6 heteroatoms. The van der Waals surface area contributed by atoms with Gasteiger partial charge in [-0.05, 0) is 19.1 Å². The first-order chi connectivity index (χ1) is 9.08. The van der Waals surface area contributed by atoms with Gasteiger partial charge in [-0.15, -0.1) is 0 Å². The van der Waals surface area contributed by atoms with Crippen LogP contribution in [0, 0.1) is 6.92 Å². The summed E-state index contributed by atoms with van der Waals surface area (Å²) < 4.78 is 0. The molecule has 98 valence electrons. The van der Waals surface area contributed by atoms with Crippen LogP contribution in [0.1, 0.15) is 15.9 Å². The van der Waals surface area contributed by atoms with Crippen molar-refractivity contribution in [2.75, 3.05) is 11.4 Å². The maximum atomic E-state index is 12.2. The van der Waals surface area contributed by atoms with Crippen LogP contribution in [0.3, 0.4) is 0 Å². The fourth-order valence-electron chi connectivity index (χ4n) is 1.66. The van der Waals surface area contributed by atoms with Crippen molar-refractivity contribution in [2.45, 2.75) is 6.92 Å². The molecule has 1 aromatic carbocycles. The van der Waals surface area contributed by atoms with E-state index in [2.05, 4.69) is 10.2 Å². The van der Waals surface area contributed by atoms with Crippen LogP contribution in [0.25, 0.3) is 0 Å². The number of hydrogen-bond acceptors (Lipinski definition) is 3. The first-order valence-electron chi connectivity index (χ1n) is 5.67. The zero-order chi connectivity index (χ0) is 13.8. The summed E-state index contributed by atoms with van der Waals surface area (Å²) >= 11 is 0. The highest BCUT2D eigenvalue weighted by atomic mass is 16.4. The van der Waals surface area contributed by atoms with E-state index in [1.165, 1.54) is 17.3 Å². The maximum absolute atomic E-state index is 12.2. The van der Waals surface area contributed by atoms with E-state index in [4.69, 9.17) is 5.11 Å². The predicted molar refractivity (Wildman–Crippen MR) is 69.1 cm³/mol. The Balaban J connectivity index is 2.33. The second-order valence-corrected chi connectivity index (χ2v) is 4.11. The zero-order valence-corrected chi connectivity index (χ0v) is 10.3. The molecule has 0 aliphatic carbocycles. The van der Waals surface area contributed by atoms with Gasteiger partial charge in [-0.1, -0.05) is 17.7 Å². The van der Waals surface area contributed by atoms with E-state index < -0.39 is 18.4 Å². The van der Waals surface area contributed by atoms with E-state index in [1.54, 1.807) is 12.1 Å². The maximum Gasteiger partial charge on any atom is 0.323 e. The van der Waals surface area contributed by atoms with Gasteiger partial charge >= 0.3 is 5.97 Å². The Morgan fingerprint density at radius 2 is 2.00 bits per heavy atom. The minimum absolute atomic E-state index is 0.321. The smallest absolute Gasteiger partial charge is 0.323 e. The molecule has 2 N–H and O–H groups in total. The lowest BCUT2D eigenvalue weighted by atomic mass is 10.2. The first kappa shape index (κ1) is 12.8. The highest BCUT2D eigenvalue weighted by Gasteiger charge is 2.20. The van der Waals surface area contributed by atoms with Crippen molar-refractivity contribution in [2.24, 2.45) is 0 Å². The monoisotopic (exact) mass is 259 g/mol. The van der Waals surface area contributed by atoms with Crippen molar-refractivity contribution >= 4 is 17.6 Å². The van der Waals surface area contributed by atoms with Crippen molar-refractivity contribution < 1.29 is 14.7 Å². The number of nitrogens with one attached hydrogen (secondary N) is 1. The summed E-state index contributed by atoms with van der Waals surface area (Å²) in [6, 6.07) is 7.09. The van der Waals surface area contributed by atoms with Crippen molar-refractivity contribution in [3.8, 4) is 0 Å². The normalized spacial score (nSPS) is 10.2. The predicted octanol–water partition coefficient (Wildman–Crippen LogP) is 1.45. The fourth-order valence-corrected chi connectivity index (χ4v) is 1.66. The molecule has 19 heavy (non-hydrogen) atoms. The summed E-state index contributed by atoms with van der Waals surface area (Å²) in [4.78, 5) is 24.3. The number of carboxylic acid groups (broad SMARTS) is 1. The molecule has 1 heterocycles. The van der Waals surface area contributed by atoms with Crippen LogP contribution in [0.5, 0.6) is 0 Å². The summed E-state index contributed by atoms with van der Waals surface area (Å²) in [5.41, 5.74) is 1.90. The number of rotatable bonds is 4. The largest absolute Gasteiger partial charge is 0.480 e. The molecule has 2 aromatic rings. The average molecular weight is 259 g/mol. The van der Waals surface area contributed by atoms with Crippen LogP contribution in [-0.4, -0.2) is 33.7 Å². The van der Waals surface area contributed by atoms with Crippen LogP contribution in [0.2, 0.25) is 0 Å². The van der Waals surface area contributed by atoms with Gasteiger partial charge in [-0.2, -0.15) is 5.10 Å². The molecule has 1 amide bonds. The van der Waals surface area contributed by atoms with E-state index in [9.17, 15) is 9.59 Å². The number of amides is 1. The quantitative estimate of drug-likeness (QED) is 0.870. The van der Waals surface area contributed by atoms with Crippen molar-refractivity contribution in [1.29, 1.82) is 0 Å². The van der Waals surface area contributed by atoms with Crippen LogP contribution >= 0.6 is 0 Å². The fraction of sp³-hybridized carbons (Fsp3) is 0.154. The number of H-pyrrole nitrogens is 1. The lowest BCUT2D eigenvalue weighted by Crippen LogP contribution is -2.35. The van der Waals surface area contributed by atoms with Crippen LogP contribution in [0.15, 0.2) is 36.7 Å². The second-order valence-electron chi connectivity index (χ2n) is 4.11. The zero-order valence-electron chi connectivity index (χ0n) is 10.3. The number of benzene rings is 1. The van der Waals surface area contributed by atoms with Gasteiger partial charge in [0, 0.05) is 11.9 Å². The highest BCUT2D eigenvalue weighted by Crippen LogP contribution is 2.17. The molecule has 0 atom stereocenters. The number of aryl methyl sites for hydroxylation is 1. The topological polar surface area (TPSA) is 86.3 Å². The Hall–Kier alpha value is -2.63. The summed E-state index contributed by atoms with van der Waals surface area (Å²) in [6.07, 6.45) is 2.80. The Labute approximate surface area is 109 Å². The van der Waals surface area contributed by atoms with E-state index >= 15 is 0 Å². The molecular weight excluding hydrogens is 246 g/mol. The van der Waals surface area contributed by atoms with Crippen LogP contribution in [0.4, 0.5) is 5.69 Å². The summed E-state index contributed by atoms with van der Waals surface area (Å²) in [5.74, 6) is -1.47. The highest BCUT2D eigenvalue weighted by molar-refractivity contribution is 6.07. The van der Waals surface area contributed by atoms with Gasteiger partial charge in [0.05, 0.1) is 11.8 Å². The Bertz CT molecular complexity index is 576. The standard InChI is InChI=1S/C13H13N3O3/c1-9-2-4-11(5-3-9)16(8-12(17)18)13(19)10-6-14-15-7-10/h2-7H,8H2,1H3,(H,14,15)(H,17,18). The van der Waals surface area contributed by atoms with Gasteiger partial charge < -0.3 is 5.11 Å². The van der Waals surface area contributed by atoms with Gasteiger partial charge in [0.2, 0.25) is 0 Å². The molecule has 0 saturated carbocycles. The molecular formula is C13H13N3O3. The molecule has 6 nitrogen and oxygen atoms in total. The lowest BCUT2D eigenvalue weighted by Gasteiger charge is -2.20. The molecule has 0 radical (unpaired) electrons. The minimum atomic E-state index is -1.07. The molecule has 1 aromatic heterocycles. The molecule has 0 unspecified atom stereocenters. The Morgan fingerprint density at radius 1 is 1.32 bits per heavy atom. The molecule has 0 spiro atoms. The lowest BCUT2D eigenvalue weighted by molar-refractivity contribution is -0.135. The van der Waals surface area contributed by atoms with E-state index in [-0.39, 0.29) is 0 Å². The number of carbonyl (C=O) groups is 2. The number of hydrogen-bond donors (Lipinski definition) is 2. The Kier molecular flexibility index (Phi) is 3.61. The summed E-state index contributed by atoms with van der Waals surface area (Å²) in [5, 5.41) is 15.2. The van der Waals surface area contributed by atoms with E-state index in [0.29, 0.717) is 11.3 Å². The van der Waals surface area contributed by atoms with E-state index in [1.807, 2.05) is 19.1 Å². The Morgan fingerprint density at radius 3 is 2.53 bits per heavy atom. The third kappa shape index (κ3) is 2.98. The van der Waals surface area contributed by atoms with Gasteiger partial charge in [0.1, 0.15) is 6.54 Å². The minimum Gasteiger partial charge on any atom is -0.480 e. The SMILES string of the molecule is Cc1ccc(N(CC(=O)O)C(=O)c2cn[nH]c2)cc1. The number of aromatic amines is 1. The van der Waals surface area contributed by atoms with Crippen molar-refractivity contribution in [3.63, 3.8) is 0 Å². The first-order valence-corrected chi connectivity index (χ1v) is 5.67. The van der Waals surface area contributed by atoms with Crippen molar-refractivity contribution in [3.05, 3.63) is 47.8 Å². The number of carbonyl (C=O) groups excluding carboxylic acids is 1. The van der Waals surface area contributed by atoms with Gasteiger partial charge in [-0.3, -0.25) is 19.6 Å². The van der Waals surface area contributed by atoms with Gasteiger partial charge in [-0.25, -0.2) is 0 Å². The molecule has 0 bridgehead atoms. The molecule has 0 fully saturated rings. The molecule has 2 rings (SSSR count). The average Bonchev–Trinajstić information content (AvgIpc) is 2.90. The van der Waals surface area contributed by atoms with Crippen LogP contribution in [-0.2, 0) is 4.79 Å². The van der Waals surface area contributed by atoms with Gasteiger partial charge in [0.25, 0.3) is 5.91 Å². The summed E-state index contributed by atoms with van der Waals surface area (Å²) in [6.45, 7) is 1.52. The third-order valence-corrected chi connectivity index (χ3v) is 2.63. The number of anilines is 1. The molecule has 0 saturated heterocycles. The number of carboxylic acids is 1. The van der Waals surface area contributed by atoms with E-state index in [0.717, 1.165) is 5.56 Å². The molecule has 0 aliphatic rings.